The molecule has 0 spiro atoms. The van der Waals surface area contributed by atoms with Crippen LogP contribution in [-0.4, -0.2) is 28.6 Å². The number of nitrogens with one attached hydrogen (secondary N) is 2. The third kappa shape index (κ3) is 6.92. The molecule has 2 amide bonds. The van der Waals surface area contributed by atoms with E-state index in [2.05, 4.69) is 10.6 Å². The summed E-state index contributed by atoms with van der Waals surface area (Å²) < 4.78 is 0. The smallest absolute Gasteiger partial charge is 0.331 e. The summed E-state index contributed by atoms with van der Waals surface area (Å²) >= 11 is 13.2. The molecule has 0 aromatic heterocycles. The molecule has 6 nitrogen and oxygen atoms in total. The zero-order valence-electron chi connectivity index (χ0n) is 14.7. The van der Waals surface area contributed by atoms with E-state index in [0.29, 0.717) is 21.4 Å². The fourth-order valence-corrected chi connectivity index (χ4v) is 3.15. The molecular weight excluding hydrogens is 423 g/mol. The Morgan fingerprint density at radius 3 is 2.36 bits per heavy atom. The van der Waals surface area contributed by atoms with E-state index < -0.39 is 11.9 Å². The summed E-state index contributed by atoms with van der Waals surface area (Å²) in [6.45, 7) is 1.34. The summed E-state index contributed by atoms with van der Waals surface area (Å²) in [5.74, 6) is -1.73. The number of carbonyl (C=O) groups is 3. The maximum absolute atomic E-state index is 12.1. The lowest BCUT2D eigenvalue weighted by molar-refractivity contribution is -0.132. The predicted octanol–water partition coefficient (Wildman–Crippen LogP) is 4.69. The molecule has 2 rings (SSSR count). The maximum atomic E-state index is 12.1. The van der Waals surface area contributed by atoms with Gasteiger partial charge in [-0.3, -0.25) is 9.59 Å². The number of carbonyl (C=O) groups excluding carboxylic acids is 2. The molecule has 0 radical (unpaired) electrons. The molecule has 146 valence electrons. The lowest BCUT2D eigenvalue weighted by atomic mass is 10.2. The third-order valence-electron chi connectivity index (χ3n) is 3.38. The van der Waals surface area contributed by atoms with Crippen LogP contribution in [0, 0.1) is 0 Å². The van der Waals surface area contributed by atoms with Crippen molar-refractivity contribution < 1.29 is 19.5 Å². The van der Waals surface area contributed by atoms with Crippen LogP contribution in [-0.2, 0) is 14.4 Å². The molecule has 9 heteroatoms. The molecule has 0 saturated heterocycles. The number of aliphatic carboxylic acids is 1. The first-order chi connectivity index (χ1) is 13.2. The van der Waals surface area contributed by atoms with Gasteiger partial charge >= 0.3 is 5.97 Å². The van der Waals surface area contributed by atoms with Gasteiger partial charge in [0.25, 0.3) is 0 Å². The van der Waals surface area contributed by atoms with Crippen LogP contribution >= 0.6 is 35.0 Å². The van der Waals surface area contributed by atoms with Gasteiger partial charge in [0.1, 0.15) is 0 Å². The minimum atomic E-state index is -1.15. The second-order valence-electron chi connectivity index (χ2n) is 5.61. The van der Waals surface area contributed by atoms with Crippen molar-refractivity contribution in [2.75, 3.05) is 16.4 Å². The number of carboxylic acid groups (broad SMARTS) is 1. The lowest BCUT2D eigenvalue weighted by Crippen LogP contribution is -2.14. The molecule has 3 N–H and O–H groups in total. The lowest BCUT2D eigenvalue weighted by Gasteiger charge is -2.08. The number of amides is 2. The van der Waals surface area contributed by atoms with Crippen LogP contribution in [0.3, 0.4) is 0 Å². The molecule has 28 heavy (non-hydrogen) atoms. The maximum Gasteiger partial charge on any atom is 0.331 e. The number of halogens is 2. The first-order valence-electron chi connectivity index (χ1n) is 7.95. The molecule has 0 aliphatic rings. The Hall–Kier alpha value is -2.48. The van der Waals surface area contributed by atoms with Gasteiger partial charge in [-0.25, -0.2) is 4.79 Å². The average Bonchev–Trinajstić information content (AvgIpc) is 2.63. The molecule has 0 saturated carbocycles. The number of rotatable bonds is 7. The van der Waals surface area contributed by atoms with Crippen molar-refractivity contribution in [3.63, 3.8) is 0 Å². The van der Waals surface area contributed by atoms with E-state index in [0.717, 1.165) is 11.0 Å². The van der Waals surface area contributed by atoms with Crippen LogP contribution in [0.4, 0.5) is 11.4 Å². The van der Waals surface area contributed by atoms with Crippen molar-refractivity contribution in [3.8, 4) is 0 Å². The van der Waals surface area contributed by atoms with E-state index in [1.165, 1.54) is 18.7 Å². The SMILES string of the molecule is C/C(=C\C(=O)Nc1ccc(SCC(=O)Nc2ccc(Cl)cc2Cl)cc1)C(=O)O. The Morgan fingerprint density at radius 2 is 1.75 bits per heavy atom. The Kier molecular flexibility index (Phi) is 7.92. The fourth-order valence-electron chi connectivity index (χ4n) is 2.00. The Bertz CT molecular complexity index is 930. The second-order valence-corrected chi connectivity index (χ2v) is 7.50. The van der Waals surface area contributed by atoms with Gasteiger partial charge in [-0.2, -0.15) is 0 Å². The molecule has 0 fully saturated rings. The van der Waals surface area contributed by atoms with Crippen molar-refractivity contribution >= 4 is 64.1 Å². The predicted molar refractivity (Wildman–Crippen MR) is 112 cm³/mol. The molecule has 0 atom stereocenters. The van der Waals surface area contributed by atoms with Crippen molar-refractivity contribution in [3.05, 3.63) is 64.2 Å². The first-order valence-corrected chi connectivity index (χ1v) is 9.69. The second kappa shape index (κ2) is 10.2. The molecular formula is C19H16Cl2N2O4S. The van der Waals surface area contributed by atoms with Crippen molar-refractivity contribution in [2.24, 2.45) is 0 Å². The van der Waals surface area contributed by atoms with E-state index in [1.807, 2.05) is 0 Å². The van der Waals surface area contributed by atoms with Crippen molar-refractivity contribution in [1.29, 1.82) is 0 Å². The highest BCUT2D eigenvalue weighted by molar-refractivity contribution is 8.00. The molecule has 0 unspecified atom stereocenters. The van der Waals surface area contributed by atoms with E-state index >= 15 is 0 Å². The number of benzene rings is 2. The number of carboxylic acids is 1. The normalized spacial score (nSPS) is 11.0. The van der Waals surface area contributed by atoms with Gasteiger partial charge in [-0.15, -0.1) is 11.8 Å². The number of anilines is 2. The molecule has 2 aromatic carbocycles. The summed E-state index contributed by atoms with van der Waals surface area (Å²) in [5, 5.41) is 14.9. The van der Waals surface area contributed by atoms with Crippen LogP contribution in [0.15, 0.2) is 59.0 Å². The van der Waals surface area contributed by atoms with Crippen LogP contribution in [0.2, 0.25) is 10.0 Å². The quantitative estimate of drug-likeness (QED) is 0.430. The Balaban J connectivity index is 1.87. The average molecular weight is 439 g/mol. The highest BCUT2D eigenvalue weighted by Gasteiger charge is 2.08. The summed E-state index contributed by atoms with van der Waals surface area (Å²) in [7, 11) is 0. The zero-order valence-corrected chi connectivity index (χ0v) is 17.0. The summed E-state index contributed by atoms with van der Waals surface area (Å²) in [6.07, 6.45) is 1.01. The standard InChI is InChI=1S/C19H16Cl2N2O4S/c1-11(19(26)27)8-17(24)22-13-3-5-14(6-4-13)28-10-18(25)23-16-7-2-12(20)9-15(16)21/h2-9H,10H2,1H3,(H,22,24)(H,23,25)(H,26,27)/b11-8+. The van der Waals surface area contributed by atoms with Crippen molar-refractivity contribution in [2.45, 2.75) is 11.8 Å². The van der Waals surface area contributed by atoms with Gasteiger partial charge in [-0.05, 0) is 49.4 Å². The van der Waals surface area contributed by atoms with E-state index in [9.17, 15) is 14.4 Å². The minimum Gasteiger partial charge on any atom is -0.478 e. The molecule has 0 aliphatic carbocycles. The van der Waals surface area contributed by atoms with E-state index in [-0.39, 0.29) is 17.2 Å². The number of hydrogen-bond acceptors (Lipinski definition) is 4. The van der Waals surface area contributed by atoms with Crippen LogP contribution in [0.5, 0.6) is 0 Å². The van der Waals surface area contributed by atoms with Gasteiger partial charge in [0, 0.05) is 27.3 Å². The van der Waals surface area contributed by atoms with Gasteiger partial charge in [0.2, 0.25) is 11.8 Å². The molecule has 0 aliphatic heterocycles. The Morgan fingerprint density at radius 1 is 1.07 bits per heavy atom. The molecule has 2 aromatic rings. The highest BCUT2D eigenvalue weighted by atomic mass is 35.5. The van der Waals surface area contributed by atoms with E-state index in [1.54, 1.807) is 42.5 Å². The van der Waals surface area contributed by atoms with Crippen LogP contribution in [0.25, 0.3) is 0 Å². The topological polar surface area (TPSA) is 95.5 Å². The summed E-state index contributed by atoms with van der Waals surface area (Å²) in [5.41, 5.74) is 0.942. The van der Waals surface area contributed by atoms with Crippen molar-refractivity contribution in [1.82, 2.24) is 0 Å². The molecule has 0 heterocycles. The Labute approximate surface area is 175 Å². The first kappa shape index (κ1) is 21.8. The van der Waals surface area contributed by atoms with Crippen LogP contribution < -0.4 is 10.6 Å². The molecule has 0 bridgehead atoms. The largest absolute Gasteiger partial charge is 0.478 e. The monoisotopic (exact) mass is 438 g/mol. The van der Waals surface area contributed by atoms with Crippen LogP contribution in [0.1, 0.15) is 6.92 Å². The summed E-state index contributed by atoms with van der Waals surface area (Å²) in [6, 6.07) is 11.6. The van der Waals surface area contributed by atoms with Gasteiger partial charge in [0.15, 0.2) is 0 Å². The van der Waals surface area contributed by atoms with Gasteiger partial charge in [-0.1, -0.05) is 23.2 Å². The third-order valence-corrected chi connectivity index (χ3v) is 4.94. The zero-order chi connectivity index (χ0) is 20.7. The van der Waals surface area contributed by atoms with Gasteiger partial charge < -0.3 is 15.7 Å². The van der Waals surface area contributed by atoms with E-state index in [4.69, 9.17) is 28.3 Å². The number of thioether (sulfide) groups is 1. The summed E-state index contributed by atoms with van der Waals surface area (Å²) in [4.78, 5) is 35.3. The minimum absolute atomic E-state index is 0.0588. The highest BCUT2D eigenvalue weighted by Crippen LogP contribution is 2.26. The number of hydrogen-bond donors (Lipinski definition) is 3. The fraction of sp³-hybridized carbons (Fsp3) is 0.105. The van der Waals surface area contributed by atoms with Gasteiger partial charge in [0.05, 0.1) is 16.5 Å².